The van der Waals surface area contributed by atoms with Crippen LogP contribution >= 0.6 is 11.8 Å². The summed E-state index contributed by atoms with van der Waals surface area (Å²) < 4.78 is 5.86. The summed E-state index contributed by atoms with van der Waals surface area (Å²) in [5.74, 6) is 2.66. The van der Waals surface area contributed by atoms with Crippen LogP contribution in [0.1, 0.15) is 66.8 Å². The zero-order chi connectivity index (χ0) is 21.6. The van der Waals surface area contributed by atoms with Crippen molar-refractivity contribution in [3.8, 4) is 11.5 Å². The zero-order valence-electron chi connectivity index (χ0n) is 18.2. The van der Waals surface area contributed by atoms with E-state index in [0.717, 1.165) is 55.8 Å². The average Bonchev–Trinajstić information content (AvgIpc) is 3.45. The first-order chi connectivity index (χ1) is 15.1. The lowest BCUT2D eigenvalue weighted by Crippen LogP contribution is -2.36. The number of rotatable bonds is 7. The van der Waals surface area contributed by atoms with Crippen LogP contribution in [0.3, 0.4) is 0 Å². The second kappa shape index (κ2) is 10.4. The highest BCUT2D eigenvalue weighted by Crippen LogP contribution is 2.25. The molecule has 31 heavy (non-hydrogen) atoms. The fourth-order valence-electron chi connectivity index (χ4n) is 4.26. The summed E-state index contributed by atoms with van der Waals surface area (Å²) in [5.41, 5.74) is 2.38. The third kappa shape index (κ3) is 5.70. The molecule has 166 valence electrons. The van der Waals surface area contributed by atoms with Gasteiger partial charge in [-0.2, -0.15) is 0 Å². The maximum absolute atomic E-state index is 12.5. The van der Waals surface area contributed by atoms with Crippen molar-refractivity contribution in [1.29, 1.82) is 0 Å². The van der Waals surface area contributed by atoms with Crippen LogP contribution in [0.2, 0.25) is 0 Å². The Kier molecular flexibility index (Phi) is 7.33. The molecule has 0 radical (unpaired) electrons. The molecule has 0 atom stereocenters. The molecule has 0 unspecified atom stereocenters. The smallest absolute Gasteiger partial charge is 0.251 e. The number of oxazole rings is 1. The van der Waals surface area contributed by atoms with Gasteiger partial charge in [-0.05, 0) is 56.9 Å². The Morgan fingerprint density at radius 3 is 2.52 bits per heavy atom. The third-order valence-corrected chi connectivity index (χ3v) is 7.08. The highest BCUT2D eigenvalue weighted by atomic mass is 32.2. The van der Waals surface area contributed by atoms with E-state index in [-0.39, 0.29) is 11.8 Å². The van der Waals surface area contributed by atoms with Gasteiger partial charge in [0.1, 0.15) is 5.76 Å². The van der Waals surface area contributed by atoms with Gasteiger partial charge in [-0.3, -0.25) is 9.59 Å². The highest BCUT2D eigenvalue weighted by molar-refractivity contribution is 7.99. The van der Waals surface area contributed by atoms with E-state index in [2.05, 4.69) is 10.3 Å². The van der Waals surface area contributed by atoms with Gasteiger partial charge in [-0.1, -0.05) is 19.3 Å². The molecule has 2 aromatic rings. The number of carbonyl (C=O) groups is 2. The number of carbonyl (C=O) groups excluding carboxylic acids is 2. The fourth-order valence-corrected chi connectivity index (χ4v) is 5.18. The summed E-state index contributed by atoms with van der Waals surface area (Å²) in [4.78, 5) is 31.3. The molecule has 1 aliphatic carbocycles. The van der Waals surface area contributed by atoms with Gasteiger partial charge < -0.3 is 14.6 Å². The molecule has 1 N–H and O–H groups in total. The molecule has 7 heteroatoms. The van der Waals surface area contributed by atoms with Crippen molar-refractivity contribution in [1.82, 2.24) is 15.2 Å². The summed E-state index contributed by atoms with van der Waals surface area (Å²) in [6.45, 7) is 3.68. The van der Waals surface area contributed by atoms with Crippen LogP contribution in [0.4, 0.5) is 0 Å². The minimum atomic E-state index is -0.0122. The molecule has 1 saturated carbocycles. The van der Waals surface area contributed by atoms with Gasteiger partial charge in [-0.25, -0.2) is 4.98 Å². The minimum absolute atomic E-state index is 0.0122. The van der Waals surface area contributed by atoms with Gasteiger partial charge in [0.15, 0.2) is 0 Å². The van der Waals surface area contributed by atoms with E-state index in [1.165, 1.54) is 19.3 Å². The Morgan fingerprint density at radius 2 is 1.81 bits per heavy atom. The second-order valence-corrected chi connectivity index (χ2v) is 9.47. The van der Waals surface area contributed by atoms with Crippen molar-refractivity contribution >= 4 is 23.6 Å². The maximum Gasteiger partial charge on any atom is 0.251 e. The van der Waals surface area contributed by atoms with E-state index in [9.17, 15) is 9.59 Å². The Morgan fingerprint density at radius 1 is 1.10 bits per heavy atom. The van der Waals surface area contributed by atoms with Crippen molar-refractivity contribution in [2.75, 3.05) is 18.8 Å². The highest BCUT2D eigenvalue weighted by Gasteiger charge is 2.19. The number of nitrogens with one attached hydrogen (secondary N) is 1. The van der Waals surface area contributed by atoms with Crippen LogP contribution < -0.4 is 5.32 Å². The number of aromatic nitrogens is 1. The van der Waals surface area contributed by atoms with Crippen molar-refractivity contribution in [2.45, 2.75) is 63.7 Å². The van der Waals surface area contributed by atoms with Gasteiger partial charge in [0, 0.05) is 36.0 Å². The molecule has 4 rings (SSSR count). The van der Waals surface area contributed by atoms with E-state index < -0.39 is 0 Å². The lowest BCUT2D eigenvalue weighted by molar-refractivity contribution is -0.127. The van der Waals surface area contributed by atoms with E-state index in [4.69, 9.17) is 4.42 Å². The molecule has 1 aliphatic heterocycles. The van der Waals surface area contributed by atoms with Gasteiger partial charge in [0.05, 0.1) is 11.4 Å². The summed E-state index contributed by atoms with van der Waals surface area (Å²) in [7, 11) is 0. The Labute approximate surface area is 188 Å². The lowest BCUT2D eigenvalue weighted by atomic mass is 9.95. The van der Waals surface area contributed by atoms with Crippen molar-refractivity contribution in [3.63, 3.8) is 0 Å². The molecule has 2 aliphatic rings. The molecule has 2 amide bonds. The number of likely N-dealkylation sites (tertiary alicyclic amines) is 1. The molecule has 2 heterocycles. The van der Waals surface area contributed by atoms with E-state index >= 15 is 0 Å². The summed E-state index contributed by atoms with van der Waals surface area (Å²) in [6.07, 6.45) is 8.03. The van der Waals surface area contributed by atoms with E-state index in [1.807, 2.05) is 36.1 Å². The van der Waals surface area contributed by atoms with Gasteiger partial charge in [0.2, 0.25) is 11.8 Å². The SMILES string of the molecule is Cc1oc(-c2ccc(C(=O)NC3CCCCC3)cc2)nc1CSCC(=O)N1CCCC1. The first-order valence-electron chi connectivity index (χ1n) is 11.3. The Bertz CT molecular complexity index is 897. The van der Waals surface area contributed by atoms with Crippen LogP contribution in [0.25, 0.3) is 11.5 Å². The third-order valence-electron chi connectivity index (χ3n) is 6.15. The van der Waals surface area contributed by atoms with Gasteiger partial charge in [-0.15, -0.1) is 11.8 Å². The largest absolute Gasteiger partial charge is 0.441 e. The van der Waals surface area contributed by atoms with Crippen molar-refractivity contribution in [3.05, 3.63) is 41.3 Å². The quantitative estimate of drug-likeness (QED) is 0.681. The molecular formula is C24H31N3O3S. The summed E-state index contributed by atoms with van der Waals surface area (Å²) >= 11 is 1.58. The number of benzene rings is 1. The first kappa shape index (κ1) is 21.9. The Balaban J connectivity index is 1.32. The lowest BCUT2D eigenvalue weighted by Gasteiger charge is -2.22. The Hall–Kier alpha value is -2.28. The van der Waals surface area contributed by atoms with E-state index in [0.29, 0.717) is 29.0 Å². The molecule has 2 fully saturated rings. The molecular weight excluding hydrogens is 410 g/mol. The van der Waals surface area contributed by atoms with Gasteiger partial charge >= 0.3 is 0 Å². The normalized spacial score (nSPS) is 17.1. The molecule has 1 saturated heterocycles. The molecule has 0 bridgehead atoms. The van der Waals surface area contributed by atoms with Crippen LogP contribution in [-0.2, 0) is 10.5 Å². The first-order valence-corrected chi connectivity index (χ1v) is 12.5. The number of nitrogens with zero attached hydrogens (tertiary/aromatic N) is 2. The van der Waals surface area contributed by atoms with Crippen molar-refractivity contribution in [2.24, 2.45) is 0 Å². The topological polar surface area (TPSA) is 75.4 Å². The number of hydrogen-bond donors (Lipinski definition) is 1. The minimum Gasteiger partial charge on any atom is -0.441 e. The molecule has 6 nitrogen and oxygen atoms in total. The summed E-state index contributed by atoms with van der Waals surface area (Å²) in [6, 6.07) is 7.73. The number of thioether (sulfide) groups is 1. The van der Waals surface area contributed by atoms with E-state index in [1.54, 1.807) is 11.8 Å². The van der Waals surface area contributed by atoms with Crippen LogP contribution in [0.15, 0.2) is 28.7 Å². The number of hydrogen-bond acceptors (Lipinski definition) is 5. The predicted octanol–water partition coefficient (Wildman–Crippen LogP) is 4.57. The average molecular weight is 442 g/mol. The van der Waals surface area contributed by atoms with Crippen LogP contribution in [0.5, 0.6) is 0 Å². The number of amides is 2. The van der Waals surface area contributed by atoms with Crippen LogP contribution in [0, 0.1) is 6.92 Å². The zero-order valence-corrected chi connectivity index (χ0v) is 19.0. The summed E-state index contributed by atoms with van der Waals surface area (Å²) in [5, 5.41) is 3.15. The molecule has 0 spiro atoms. The van der Waals surface area contributed by atoms with Gasteiger partial charge in [0.25, 0.3) is 5.91 Å². The standard InChI is InChI=1S/C24H31N3O3S/c1-17-21(15-31-16-22(28)27-13-5-6-14-27)26-24(30-17)19-11-9-18(10-12-19)23(29)25-20-7-3-2-4-8-20/h9-12,20H,2-8,13-16H2,1H3,(H,25,29). The predicted molar refractivity (Wildman–Crippen MR) is 123 cm³/mol. The molecule has 1 aromatic heterocycles. The number of aryl methyl sites for hydroxylation is 1. The van der Waals surface area contributed by atoms with Crippen molar-refractivity contribution < 1.29 is 14.0 Å². The van der Waals surface area contributed by atoms with Crippen LogP contribution in [-0.4, -0.2) is 46.6 Å². The second-order valence-electron chi connectivity index (χ2n) is 8.49. The fraction of sp³-hybridized carbons (Fsp3) is 0.542. The maximum atomic E-state index is 12.5. The monoisotopic (exact) mass is 441 g/mol. The molecule has 1 aromatic carbocycles.